The van der Waals surface area contributed by atoms with E-state index in [-0.39, 0.29) is 0 Å². The topological polar surface area (TPSA) is 12.0 Å². The minimum Gasteiger partial charge on any atom is -0.382 e. The van der Waals surface area contributed by atoms with Crippen molar-refractivity contribution in [1.29, 1.82) is 0 Å². The molecule has 3 atom stereocenters. The molecule has 0 heterocycles. The first-order valence-corrected chi connectivity index (χ1v) is 8.06. The first kappa shape index (κ1) is 13.0. The highest BCUT2D eigenvalue weighted by molar-refractivity contribution is 5.52. The van der Waals surface area contributed by atoms with Crippen LogP contribution in [0.3, 0.4) is 0 Å². The van der Waals surface area contributed by atoms with Gasteiger partial charge in [-0.1, -0.05) is 43.4 Å². The summed E-state index contributed by atoms with van der Waals surface area (Å²) in [7, 11) is 0. The van der Waals surface area contributed by atoms with Crippen LogP contribution >= 0.6 is 0 Å². The van der Waals surface area contributed by atoms with Gasteiger partial charge in [0, 0.05) is 11.7 Å². The number of hydrogen-bond acceptors (Lipinski definition) is 1. The van der Waals surface area contributed by atoms with Crippen LogP contribution in [0.25, 0.3) is 0 Å². The van der Waals surface area contributed by atoms with Gasteiger partial charge in [-0.25, -0.2) is 0 Å². The molecule has 0 aliphatic heterocycles. The first-order chi connectivity index (χ1) is 9.22. The van der Waals surface area contributed by atoms with Crippen LogP contribution in [0.15, 0.2) is 18.2 Å². The van der Waals surface area contributed by atoms with Crippen LogP contribution in [-0.2, 0) is 0 Å². The predicted molar refractivity (Wildman–Crippen MR) is 82.6 cm³/mol. The molecule has 104 valence electrons. The number of anilines is 1. The van der Waals surface area contributed by atoms with Crippen LogP contribution < -0.4 is 5.32 Å². The molecule has 1 N–H and O–H groups in total. The maximum absolute atomic E-state index is 3.81. The van der Waals surface area contributed by atoms with Crippen LogP contribution in [0, 0.1) is 25.7 Å². The molecule has 2 aliphatic carbocycles. The van der Waals surface area contributed by atoms with Crippen molar-refractivity contribution in [2.24, 2.45) is 11.8 Å². The largest absolute Gasteiger partial charge is 0.382 e. The van der Waals surface area contributed by atoms with Crippen LogP contribution in [0.1, 0.15) is 56.1 Å². The van der Waals surface area contributed by atoms with Crippen molar-refractivity contribution in [1.82, 2.24) is 0 Å². The van der Waals surface area contributed by atoms with Crippen molar-refractivity contribution < 1.29 is 0 Å². The van der Waals surface area contributed by atoms with Gasteiger partial charge < -0.3 is 5.32 Å². The summed E-state index contributed by atoms with van der Waals surface area (Å²) in [6, 6.07) is 7.48. The summed E-state index contributed by atoms with van der Waals surface area (Å²) in [5.41, 5.74) is 4.11. The van der Waals surface area contributed by atoms with E-state index in [1.807, 2.05) is 0 Å². The lowest BCUT2D eigenvalue weighted by molar-refractivity contribution is 0.162. The van der Waals surface area contributed by atoms with Gasteiger partial charge in [0.15, 0.2) is 0 Å². The van der Waals surface area contributed by atoms with Crippen molar-refractivity contribution in [3.8, 4) is 0 Å². The number of benzene rings is 1. The lowest BCUT2D eigenvalue weighted by Gasteiger charge is -2.40. The molecule has 0 spiro atoms. The third-order valence-corrected chi connectivity index (χ3v) is 5.28. The van der Waals surface area contributed by atoms with Gasteiger partial charge in [-0.15, -0.1) is 0 Å². The Labute approximate surface area is 117 Å². The Bertz CT molecular complexity index is 437. The Kier molecular flexibility index (Phi) is 3.81. The summed E-state index contributed by atoms with van der Waals surface area (Å²) < 4.78 is 0. The number of fused-ring (bicyclic) bond motifs is 1. The SMILES string of the molecule is Cc1ccc(NC2CCC3CCCCC3C2)c(C)c1. The fourth-order valence-corrected chi connectivity index (χ4v) is 4.20. The van der Waals surface area contributed by atoms with Gasteiger partial charge in [0.05, 0.1) is 0 Å². The highest BCUT2D eigenvalue weighted by atomic mass is 14.9. The summed E-state index contributed by atoms with van der Waals surface area (Å²) in [5.74, 6) is 2.05. The van der Waals surface area contributed by atoms with Gasteiger partial charge in [0.25, 0.3) is 0 Å². The standard InChI is InChI=1S/C18H27N/c1-13-7-10-18(14(2)11-13)19-17-9-8-15-5-3-4-6-16(15)12-17/h7,10-11,15-17,19H,3-6,8-9,12H2,1-2H3. The van der Waals surface area contributed by atoms with E-state index in [1.54, 1.807) is 0 Å². The third-order valence-electron chi connectivity index (χ3n) is 5.28. The molecule has 2 saturated carbocycles. The molecule has 3 rings (SSSR count). The van der Waals surface area contributed by atoms with Crippen molar-refractivity contribution in [2.75, 3.05) is 5.32 Å². The summed E-state index contributed by atoms with van der Waals surface area (Å²) in [4.78, 5) is 0. The molecule has 1 aromatic carbocycles. The van der Waals surface area contributed by atoms with E-state index >= 15 is 0 Å². The van der Waals surface area contributed by atoms with Crippen LogP contribution in [0.4, 0.5) is 5.69 Å². The fourth-order valence-electron chi connectivity index (χ4n) is 4.20. The Morgan fingerprint density at radius 2 is 1.74 bits per heavy atom. The quantitative estimate of drug-likeness (QED) is 0.779. The molecule has 0 radical (unpaired) electrons. The maximum Gasteiger partial charge on any atom is 0.0372 e. The second kappa shape index (κ2) is 5.56. The normalized spacial score (nSPS) is 30.7. The number of hydrogen-bond donors (Lipinski definition) is 1. The molecule has 1 heteroatoms. The van der Waals surface area contributed by atoms with E-state index in [1.165, 1.54) is 61.8 Å². The van der Waals surface area contributed by atoms with Gasteiger partial charge >= 0.3 is 0 Å². The zero-order chi connectivity index (χ0) is 13.2. The number of aryl methyl sites for hydroxylation is 2. The molecule has 0 bridgehead atoms. The number of rotatable bonds is 2. The second-order valence-corrected chi connectivity index (χ2v) is 6.78. The van der Waals surface area contributed by atoms with Crippen molar-refractivity contribution in [2.45, 2.75) is 64.8 Å². The van der Waals surface area contributed by atoms with E-state index in [0.29, 0.717) is 6.04 Å². The Morgan fingerprint density at radius 1 is 0.947 bits per heavy atom. The average molecular weight is 257 g/mol. The molecule has 0 amide bonds. The molecular formula is C18H27N. The fraction of sp³-hybridized carbons (Fsp3) is 0.667. The highest BCUT2D eigenvalue weighted by Crippen LogP contribution is 2.41. The molecule has 2 fully saturated rings. The van der Waals surface area contributed by atoms with E-state index in [9.17, 15) is 0 Å². The molecule has 3 unspecified atom stereocenters. The van der Waals surface area contributed by atoms with Gasteiger partial charge in [0.1, 0.15) is 0 Å². The zero-order valence-corrected chi connectivity index (χ0v) is 12.4. The summed E-state index contributed by atoms with van der Waals surface area (Å²) in [6.07, 6.45) is 10.2. The smallest absolute Gasteiger partial charge is 0.0372 e. The minimum atomic E-state index is 0.709. The van der Waals surface area contributed by atoms with E-state index in [2.05, 4.69) is 37.4 Å². The van der Waals surface area contributed by atoms with E-state index in [0.717, 1.165) is 11.8 Å². The lowest BCUT2D eigenvalue weighted by atomic mass is 9.69. The van der Waals surface area contributed by atoms with Crippen molar-refractivity contribution in [3.05, 3.63) is 29.3 Å². The van der Waals surface area contributed by atoms with Gasteiger partial charge in [-0.2, -0.15) is 0 Å². The van der Waals surface area contributed by atoms with Gasteiger partial charge in [0.2, 0.25) is 0 Å². The molecule has 0 saturated heterocycles. The van der Waals surface area contributed by atoms with Gasteiger partial charge in [-0.3, -0.25) is 0 Å². The minimum absolute atomic E-state index is 0.709. The molecule has 2 aliphatic rings. The average Bonchev–Trinajstić information content (AvgIpc) is 2.42. The lowest BCUT2D eigenvalue weighted by Crippen LogP contribution is -2.34. The maximum atomic E-state index is 3.81. The van der Waals surface area contributed by atoms with Crippen LogP contribution in [0.2, 0.25) is 0 Å². The summed E-state index contributed by atoms with van der Waals surface area (Å²) in [5, 5.41) is 3.81. The predicted octanol–water partition coefficient (Wildman–Crippen LogP) is 5.07. The Balaban J connectivity index is 1.64. The molecular weight excluding hydrogens is 230 g/mol. The number of nitrogens with one attached hydrogen (secondary N) is 1. The van der Waals surface area contributed by atoms with E-state index < -0.39 is 0 Å². The Hall–Kier alpha value is -0.980. The second-order valence-electron chi connectivity index (χ2n) is 6.78. The molecule has 19 heavy (non-hydrogen) atoms. The van der Waals surface area contributed by atoms with Crippen LogP contribution in [0.5, 0.6) is 0 Å². The zero-order valence-electron chi connectivity index (χ0n) is 12.4. The summed E-state index contributed by atoms with van der Waals surface area (Å²) in [6.45, 7) is 4.39. The van der Waals surface area contributed by atoms with Crippen molar-refractivity contribution in [3.63, 3.8) is 0 Å². The monoisotopic (exact) mass is 257 g/mol. The van der Waals surface area contributed by atoms with Crippen LogP contribution in [-0.4, -0.2) is 6.04 Å². The third kappa shape index (κ3) is 2.96. The molecule has 0 aromatic heterocycles. The first-order valence-electron chi connectivity index (χ1n) is 8.06. The summed E-state index contributed by atoms with van der Waals surface area (Å²) >= 11 is 0. The molecule has 1 aromatic rings. The highest BCUT2D eigenvalue weighted by Gasteiger charge is 2.32. The Morgan fingerprint density at radius 3 is 2.53 bits per heavy atom. The molecule has 1 nitrogen and oxygen atoms in total. The van der Waals surface area contributed by atoms with E-state index in [4.69, 9.17) is 0 Å². The van der Waals surface area contributed by atoms with Crippen molar-refractivity contribution >= 4 is 5.69 Å². The van der Waals surface area contributed by atoms with Gasteiger partial charge in [-0.05, 0) is 56.6 Å².